The fourth-order valence-electron chi connectivity index (χ4n) is 2.82. The van der Waals surface area contributed by atoms with E-state index in [1.54, 1.807) is 12.1 Å². The van der Waals surface area contributed by atoms with Gasteiger partial charge in [0.15, 0.2) is 0 Å². The molecule has 25 heavy (non-hydrogen) atoms. The van der Waals surface area contributed by atoms with Gasteiger partial charge in [0.2, 0.25) is 10.0 Å². The summed E-state index contributed by atoms with van der Waals surface area (Å²) in [6, 6.07) is 7.52. The van der Waals surface area contributed by atoms with Crippen LogP contribution in [-0.2, 0) is 10.0 Å². The highest BCUT2D eigenvalue weighted by Crippen LogP contribution is 2.27. The summed E-state index contributed by atoms with van der Waals surface area (Å²) in [5, 5.41) is 13.5. The number of carbonyl (C=O) groups excluding carboxylic acids is 1. The molecule has 1 aromatic heterocycles. The van der Waals surface area contributed by atoms with Crippen LogP contribution in [0, 0.1) is 5.92 Å². The molecule has 2 N–H and O–H groups in total. The predicted octanol–water partition coefficient (Wildman–Crippen LogP) is 3.13. The van der Waals surface area contributed by atoms with Crippen LogP contribution in [-0.4, -0.2) is 36.8 Å². The van der Waals surface area contributed by atoms with E-state index >= 15 is 0 Å². The van der Waals surface area contributed by atoms with Crippen molar-refractivity contribution in [2.45, 2.75) is 24.7 Å². The molecule has 134 valence electrons. The number of nitrogens with zero attached hydrogens (tertiary/aromatic N) is 1. The zero-order valence-corrected chi connectivity index (χ0v) is 15.4. The second kappa shape index (κ2) is 7.15. The Morgan fingerprint density at radius 1 is 1.32 bits per heavy atom. The minimum atomic E-state index is -3.56. The Morgan fingerprint density at radius 3 is 2.72 bits per heavy atom. The molecule has 1 fully saturated rings. The SMILES string of the molecule is CC1CCCN(S(=O)(=O)c2csc(C(=O)Nc3ccc(O)cc3)c2)C1. The number of rotatable bonds is 4. The van der Waals surface area contributed by atoms with Crippen molar-refractivity contribution < 1.29 is 18.3 Å². The van der Waals surface area contributed by atoms with Gasteiger partial charge < -0.3 is 10.4 Å². The minimum Gasteiger partial charge on any atom is -0.508 e. The summed E-state index contributed by atoms with van der Waals surface area (Å²) in [6.45, 7) is 3.09. The molecule has 0 saturated carbocycles. The zero-order valence-electron chi connectivity index (χ0n) is 13.8. The number of piperidine rings is 1. The number of sulfonamides is 1. The largest absolute Gasteiger partial charge is 0.508 e. The Bertz CT molecular complexity index is 859. The van der Waals surface area contributed by atoms with Gasteiger partial charge in [0.1, 0.15) is 5.75 Å². The molecular formula is C17H20N2O4S2. The molecule has 1 saturated heterocycles. The smallest absolute Gasteiger partial charge is 0.265 e. The van der Waals surface area contributed by atoms with Crippen molar-refractivity contribution in [3.63, 3.8) is 0 Å². The molecule has 1 atom stereocenters. The molecule has 1 aliphatic rings. The summed E-state index contributed by atoms with van der Waals surface area (Å²) >= 11 is 1.10. The van der Waals surface area contributed by atoms with E-state index in [2.05, 4.69) is 5.32 Å². The van der Waals surface area contributed by atoms with Crippen molar-refractivity contribution in [2.75, 3.05) is 18.4 Å². The molecule has 2 heterocycles. The number of carbonyl (C=O) groups is 1. The van der Waals surface area contributed by atoms with Gasteiger partial charge in [0, 0.05) is 24.2 Å². The highest BCUT2D eigenvalue weighted by Gasteiger charge is 2.30. The summed E-state index contributed by atoms with van der Waals surface area (Å²) in [6.07, 6.45) is 1.90. The molecule has 6 nitrogen and oxygen atoms in total. The Hall–Kier alpha value is -1.90. The minimum absolute atomic E-state index is 0.110. The number of hydrogen-bond donors (Lipinski definition) is 2. The topological polar surface area (TPSA) is 86.7 Å². The molecule has 1 amide bonds. The fourth-order valence-corrected chi connectivity index (χ4v) is 5.58. The summed E-state index contributed by atoms with van der Waals surface area (Å²) in [7, 11) is -3.56. The zero-order chi connectivity index (χ0) is 18.0. The van der Waals surface area contributed by atoms with Gasteiger partial charge in [-0.05, 0) is 49.1 Å². The first-order chi connectivity index (χ1) is 11.9. The average molecular weight is 380 g/mol. The van der Waals surface area contributed by atoms with Crippen molar-refractivity contribution in [3.05, 3.63) is 40.6 Å². The van der Waals surface area contributed by atoms with Crippen LogP contribution in [0.3, 0.4) is 0 Å². The van der Waals surface area contributed by atoms with Crippen LogP contribution in [0.15, 0.2) is 40.6 Å². The number of benzene rings is 1. The summed E-state index contributed by atoms with van der Waals surface area (Å²) in [4.78, 5) is 12.8. The molecule has 0 spiro atoms. The van der Waals surface area contributed by atoms with Crippen molar-refractivity contribution >= 4 is 33.0 Å². The standard InChI is InChI=1S/C17H20N2O4S2/c1-12-3-2-8-19(10-12)25(22,23)15-9-16(24-11-15)17(21)18-13-4-6-14(20)7-5-13/h4-7,9,11-12,20H,2-3,8,10H2,1H3,(H,18,21). The van der Waals surface area contributed by atoms with Gasteiger partial charge in [0.05, 0.1) is 9.77 Å². The number of aromatic hydroxyl groups is 1. The van der Waals surface area contributed by atoms with E-state index in [-0.39, 0.29) is 16.6 Å². The summed E-state index contributed by atoms with van der Waals surface area (Å²) < 4.78 is 27.0. The Kier molecular flexibility index (Phi) is 5.12. The van der Waals surface area contributed by atoms with Crippen molar-refractivity contribution in [1.29, 1.82) is 0 Å². The maximum Gasteiger partial charge on any atom is 0.265 e. The van der Waals surface area contributed by atoms with Crippen molar-refractivity contribution in [2.24, 2.45) is 5.92 Å². The number of anilines is 1. The Labute approximate surface area is 151 Å². The number of amides is 1. The molecule has 1 aliphatic heterocycles. The molecule has 8 heteroatoms. The lowest BCUT2D eigenvalue weighted by Crippen LogP contribution is -2.38. The number of hydrogen-bond acceptors (Lipinski definition) is 5. The van der Waals surface area contributed by atoms with Gasteiger partial charge >= 0.3 is 0 Å². The Balaban J connectivity index is 1.75. The van der Waals surface area contributed by atoms with E-state index in [0.717, 1.165) is 24.2 Å². The first kappa shape index (κ1) is 17.9. The van der Waals surface area contributed by atoms with E-state index in [1.807, 2.05) is 6.92 Å². The monoisotopic (exact) mass is 380 g/mol. The number of nitrogens with one attached hydrogen (secondary N) is 1. The number of phenols is 1. The van der Waals surface area contributed by atoms with Gasteiger partial charge in [-0.1, -0.05) is 6.92 Å². The van der Waals surface area contributed by atoms with Crippen molar-refractivity contribution in [3.8, 4) is 5.75 Å². The number of thiophene rings is 1. The van der Waals surface area contributed by atoms with Gasteiger partial charge in [-0.2, -0.15) is 4.31 Å². The van der Waals surface area contributed by atoms with E-state index in [0.29, 0.717) is 29.6 Å². The highest BCUT2D eigenvalue weighted by atomic mass is 32.2. The highest BCUT2D eigenvalue weighted by molar-refractivity contribution is 7.89. The van der Waals surface area contributed by atoms with Gasteiger partial charge in [0.25, 0.3) is 5.91 Å². The molecule has 0 aliphatic carbocycles. The third kappa shape index (κ3) is 4.02. The van der Waals surface area contributed by atoms with E-state index in [1.165, 1.54) is 27.9 Å². The second-order valence-corrected chi connectivity index (χ2v) is 9.11. The van der Waals surface area contributed by atoms with Crippen LogP contribution in [0.25, 0.3) is 0 Å². The fraction of sp³-hybridized carbons (Fsp3) is 0.353. The lowest BCUT2D eigenvalue weighted by molar-refractivity contribution is 0.103. The van der Waals surface area contributed by atoms with Crippen LogP contribution in [0.1, 0.15) is 29.4 Å². The van der Waals surface area contributed by atoms with Crippen LogP contribution >= 0.6 is 11.3 Å². The predicted molar refractivity (Wildman–Crippen MR) is 97.5 cm³/mol. The molecular weight excluding hydrogens is 360 g/mol. The summed E-state index contributed by atoms with van der Waals surface area (Å²) in [5.74, 6) is 0.0850. The van der Waals surface area contributed by atoms with E-state index < -0.39 is 10.0 Å². The third-order valence-corrected chi connectivity index (χ3v) is 7.10. The third-order valence-electron chi connectivity index (χ3n) is 4.18. The molecule has 1 unspecified atom stereocenters. The molecule has 2 aromatic rings. The second-order valence-electron chi connectivity index (χ2n) is 6.26. The summed E-state index contributed by atoms with van der Waals surface area (Å²) in [5.41, 5.74) is 0.533. The van der Waals surface area contributed by atoms with Gasteiger partial charge in [-0.25, -0.2) is 8.42 Å². The Morgan fingerprint density at radius 2 is 2.04 bits per heavy atom. The van der Waals surface area contributed by atoms with Crippen LogP contribution in [0.2, 0.25) is 0 Å². The van der Waals surface area contributed by atoms with E-state index in [9.17, 15) is 18.3 Å². The molecule has 3 rings (SSSR count). The maximum atomic E-state index is 12.7. The van der Waals surface area contributed by atoms with Crippen LogP contribution < -0.4 is 5.32 Å². The van der Waals surface area contributed by atoms with Crippen LogP contribution in [0.4, 0.5) is 5.69 Å². The molecule has 0 radical (unpaired) electrons. The average Bonchev–Trinajstić information content (AvgIpc) is 3.08. The van der Waals surface area contributed by atoms with Crippen molar-refractivity contribution in [1.82, 2.24) is 4.31 Å². The quantitative estimate of drug-likeness (QED) is 0.798. The number of phenolic OH excluding ortho intramolecular Hbond substituents is 1. The van der Waals surface area contributed by atoms with E-state index in [4.69, 9.17) is 0 Å². The van der Waals surface area contributed by atoms with Gasteiger partial charge in [-0.3, -0.25) is 4.79 Å². The lowest BCUT2D eigenvalue weighted by Gasteiger charge is -2.29. The molecule has 0 bridgehead atoms. The first-order valence-corrected chi connectivity index (χ1v) is 10.4. The lowest BCUT2D eigenvalue weighted by atomic mass is 10.0. The maximum absolute atomic E-state index is 12.7. The van der Waals surface area contributed by atoms with Gasteiger partial charge in [-0.15, -0.1) is 11.3 Å². The molecule has 1 aromatic carbocycles. The van der Waals surface area contributed by atoms with Crippen LogP contribution in [0.5, 0.6) is 5.75 Å². The normalized spacial score (nSPS) is 18.8. The first-order valence-electron chi connectivity index (χ1n) is 8.05.